The third-order valence-electron chi connectivity index (χ3n) is 4.04. The third kappa shape index (κ3) is 5.18. The van der Waals surface area contributed by atoms with Gasteiger partial charge in [0.15, 0.2) is 0 Å². The molecule has 1 amide bonds. The van der Waals surface area contributed by atoms with Crippen molar-refractivity contribution in [2.45, 2.75) is 18.4 Å². The summed E-state index contributed by atoms with van der Waals surface area (Å²) in [6.45, 7) is 1.99. The van der Waals surface area contributed by atoms with Crippen LogP contribution in [0.3, 0.4) is 0 Å². The highest BCUT2D eigenvalue weighted by Crippen LogP contribution is 2.14. The molecule has 144 valence electrons. The van der Waals surface area contributed by atoms with Crippen molar-refractivity contribution in [1.82, 2.24) is 4.72 Å². The molecule has 3 rings (SSSR count). The van der Waals surface area contributed by atoms with E-state index in [1.165, 1.54) is 24.5 Å². The van der Waals surface area contributed by atoms with Crippen molar-refractivity contribution in [3.05, 3.63) is 89.9 Å². The molecular weight excluding hydrogens is 376 g/mol. The Hall–Kier alpha value is -3.16. The molecule has 0 aliphatic rings. The molecule has 0 aliphatic heterocycles. The van der Waals surface area contributed by atoms with Crippen molar-refractivity contribution in [2.75, 3.05) is 5.32 Å². The van der Waals surface area contributed by atoms with Gasteiger partial charge in [-0.15, -0.1) is 0 Å². The number of sulfonamides is 1. The van der Waals surface area contributed by atoms with E-state index in [2.05, 4.69) is 10.0 Å². The zero-order valence-corrected chi connectivity index (χ0v) is 16.1. The summed E-state index contributed by atoms with van der Waals surface area (Å²) >= 11 is 0. The summed E-state index contributed by atoms with van der Waals surface area (Å²) < 4.78 is 32.2. The second-order valence-corrected chi connectivity index (χ2v) is 7.88. The van der Waals surface area contributed by atoms with Crippen LogP contribution in [0.1, 0.15) is 16.9 Å². The fraction of sp³-hybridized carbons (Fsp3) is 0.0952. The fourth-order valence-electron chi connectivity index (χ4n) is 2.48. The Bertz CT molecular complexity index is 1070. The first-order valence-corrected chi connectivity index (χ1v) is 10.1. The molecule has 2 aromatic carbocycles. The highest BCUT2D eigenvalue weighted by Gasteiger charge is 2.14. The molecule has 1 aromatic heterocycles. The van der Waals surface area contributed by atoms with E-state index in [9.17, 15) is 13.2 Å². The van der Waals surface area contributed by atoms with E-state index in [1.807, 2.05) is 31.2 Å². The first kappa shape index (κ1) is 19.6. The topological polar surface area (TPSA) is 88.4 Å². The van der Waals surface area contributed by atoms with Crippen LogP contribution in [0.4, 0.5) is 5.69 Å². The standard InChI is InChI=1S/C21H20N2O4S/c1-16-5-2-3-7-20(16)23-21(24)13-10-17-8-11-19(12-9-17)28(25,26)22-15-18-6-4-14-27-18/h2-14,22H,15H2,1H3,(H,23,24)/b13-10+. The minimum absolute atomic E-state index is 0.0794. The van der Waals surface area contributed by atoms with Gasteiger partial charge in [0, 0.05) is 11.8 Å². The number of nitrogens with one attached hydrogen (secondary N) is 2. The van der Waals surface area contributed by atoms with Crippen LogP contribution in [-0.4, -0.2) is 14.3 Å². The van der Waals surface area contributed by atoms with Gasteiger partial charge < -0.3 is 9.73 Å². The van der Waals surface area contributed by atoms with Gasteiger partial charge in [0.2, 0.25) is 15.9 Å². The molecule has 1 heterocycles. The first-order chi connectivity index (χ1) is 13.4. The number of para-hydroxylation sites is 1. The monoisotopic (exact) mass is 396 g/mol. The van der Waals surface area contributed by atoms with Crippen LogP contribution in [0.5, 0.6) is 0 Å². The summed E-state index contributed by atoms with van der Waals surface area (Å²) in [6, 6.07) is 17.1. The number of carbonyl (C=O) groups excluding carboxylic acids is 1. The smallest absolute Gasteiger partial charge is 0.248 e. The van der Waals surface area contributed by atoms with Crippen molar-refractivity contribution < 1.29 is 17.6 Å². The molecule has 28 heavy (non-hydrogen) atoms. The molecule has 0 spiro atoms. The Morgan fingerprint density at radius 3 is 2.46 bits per heavy atom. The maximum atomic E-state index is 12.3. The number of benzene rings is 2. The summed E-state index contributed by atoms with van der Waals surface area (Å²) in [7, 11) is -3.64. The van der Waals surface area contributed by atoms with Crippen LogP contribution >= 0.6 is 0 Å². The molecule has 0 aliphatic carbocycles. The van der Waals surface area contributed by atoms with Gasteiger partial charge in [0.05, 0.1) is 17.7 Å². The van der Waals surface area contributed by atoms with Crippen molar-refractivity contribution >= 4 is 27.7 Å². The number of amides is 1. The van der Waals surface area contributed by atoms with Gasteiger partial charge in [-0.25, -0.2) is 13.1 Å². The number of rotatable bonds is 7. The van der Waals surface area contributed by atoms with Crippen LogP contribution in [0.2, 0.25) is 0 Å². The zero-order chi connectivity index (χ0) is 20.0. The molecule has 7 heteroatoms. The quantitative estimate of drug-likeness (QED) is 0.596. The maximum absolute atomic E-state index is 12.3. The molecule has 0 unspecified atom stereocenters. The lowest BCUT2D eigenvalue weighted by Crippen LogP contribution is -2.22. The molecule has 0 radical (unpaired) electrons. The largest absolute Gasteiger partial charge is 0.468 e. The Labute approximate surface area is 163 Å². The zero-order valence-electron chi connectivity index (χ0n) is 15.3. The second kappa shape index (κ2) is 8.69. The van der Waals surface area contributed by atoms with Crippen LogP contribution in [0.15, 0.2) is 82.3 Å². The number of furan rings is 1. The Kier molecular flexibility index (Phi) is 6.08. The van der Waals surface area contributed by atoms with Gasteiger partial charge in [-0.1, -0.05) is 30.3 Å². The third-order valence-corrected chi connectivity index (χ3v) is 5.45. The van der Waals surface area contributed by atoms with E-state index in [1.54, 1.807) is 30.3 Å². The lowest BCUT2D eigenvalue weighted by Gasteiger charge is -2.06. The minimum Gasteiger partial charge on any atom is -0.468 e. The maximum Gasteiger partial charge on any atom is 0.248 e. The van der Waals surface area contributed by atoms with Crippen molar-refractivity contribution in [3.8, 4) is 0 Å². The number of hydrogen-bond acceptors (Lipinski definition) is 4. The highest BCUT2D eigenvalue weighted by molar-refractivity contribution is 7.89. The summed E-state index contributed by atoms with van der Waals surface area (Å²) in [6.07, 6.45) is 4.52. The average Bonchev–Trinajstić information content (AvgIpc) is 3.21. The molecular formula is C21H20N2O4S. The molecule has 0 fully saturated rings. The molecule has 6 nitrogen and oxygen atoms in total. The Morgan fingerprint density at radius 2 is 1.79 bits per heavy atom. The molecule has 0 saturated carbocycles. The van der Waals surface area contributed by atoms with E-state index in [0.717, 1.165) is 11.3 Å². The van der Waals surface area contributed by atoms with Gasteiger partial charge in [-0.2, -0.15) is 0 Å². The van der Waals surface area contributed by atoms with E-state index in [-0.39, 0.29) is 17.3 Å². The number of hydrogen-bond donors (Lipinski definition) is 2. The SMILES string of the molecule is Cc1ccccc1NC(=O)/C=C/c1ccc(S(=O)(=O)NCc2ccco2)cc1. The molecule has 0 saturated heterocycles. The molecule has 0 atom stereocenters. The molecule has 0 bridgehead atoms. The summed E-state index contributed by atoms with van der Waals surface area (Å²) in [5.74, 6) is 0.272. The van der Waals surface area contributed by atoms with Crippen LogP contribution < -0.4 is 10.0 Å². The van der Waals surface area contributed by atoms with Crippen molar-refractivity contribution in [3.63, 3.8) is 0 Å². The predicted octanol–water partition coefficient (Wildman–Crippen LogP) is 3.72. The Morgan fingerprint density at radius 1 is 1.04 bits per heavy atom. The number of carbonyl (C=O) groups is 1. The second-order valence-electron chi connectivity index (χ2n) is 6.11. The van der Waals surface area contributed by atoms with Crippen molar-refractivity contribution in [2.24, 2.45) is 0 Å². The number of anilines is 1. The predicted molar refractivity (Wildman–Crippen MR) is 108 cm³/mol. The summed E-state index contributed by atoms with van der Waals surface area (Å²) in [4.78, 5) is 12.2. The van der Waals surface area contributed by atoms with E-state index >= 15 is 0 Å². The van der Waals surface area contributed by atoms with Gasteiger partial charge >= 0.3 is 0 Å². The number of aryl methyl sites for hydroxylation is 1. The van der Waals surface area contributed by atoms with Gasteiger partial charge in [-0.3, -0.25) is 4.79 Å². The highest BCUT2D eigenvalue weighted by atomic mass is 32.2. The normalized spacial score (nSPS) is 11.6. The summed E-state index contributed by atoms with van der Waals surface area (Å²) in [5.41, 5.74) is 2.44. The van der Waals surface area contributed by atoms with Crippen LogP contribution in [0.25, 0.3) is 6.08 Å². The van der Waals surface area contributed by atoms with E-state index in [0.29, 0.717) is 11.3 Å². The van der Waals surface area contributed by atoms with Crippen LogP contribution in [0, 0.1) is 6.92 Å². The lowest BCUT2D eigenvalue weighted by atomic mass is 10.2. The van der Waals surface area contributed by atoms with Gasteiger partial charge in [0.25, 0.3) is 0 Å². The van der Waals surface area contributed by atoms with Crippen LogP contribution in [-0.2, 0) is 21.4 Å². The molecule has 2 N–H and O–H groups in total. The minimum atomic E-state index is -3.64. The van der Waals surface area contributed by atoms with E-state index < -0.39 is 10.0 Å². The first-order valence-electron chi connectivity index (χ1n) is 8.61. The molecule has 3 aromatic rings. The van der Waals surface area contributed by atoms with Gasteiger partial charge in [0.1, 0.15) is 5.76 Å². The Balaban J connectivity index is 1.61. The lowest BCUT2D eigenvalue weighted by molar-refractivity contribution is -0.111. The average molecular weight is 396 g/mol. The fourth-order valence-corrected chi connectivity index (χ4v) is 3.47. The van der Waals surface area contributed by atoms with Gasteiger partial charge in [-0.05, 0) is 54.5 Å². The van der Waals surface area contributed by atoms with E-state index in [4.69, 9.17) is 4.42 Å². The summed E-state index contributed by atoms with van der Waals surface area (Å²) in [5, 5.41) is 2.81. The van der Waals surface area contributed by atoms with Crippen molar-refractivity contribution in [1.29, 1.82) is 0 Å².